The number of allylic oxidation sites excluding steroid dienone is 5. The first-order valence-electron chi connectivity index (χ1n) is 5.20. The Hall–Kier alpha value is -1.56. The molecule has 0 fully saturated rings. The van der Waals surface area contributed by atoms with Crippen molar-refractivity contribution >= 4 is 5.57 Å². The maximum absolute atomic E-state index is 4.06. The molecule has 1 aromatic rings. The lowest BCUT2D eigenvalue weighted by Crippen LogP contribution is -1.80. The smallest absolute Gasteiger partial charge is 0.0187 e. The van der Waals surface area contributed by atoms with Crippen LogP contribution in [0.5, 0.6) is 0 Å². The minimum Gasteiger partial charge on any atom is -0.0912 e. The van der Waals surface area contributed by atoms with Crippen LogP contribution in [0.1, 0.15) is 25.0 Å². The second-order valence-electron chi connectivity index (χ2n) is 3.76. The summed E-state index contributed by atoms with van der Waals surface area (Å²) in [7, 11) is 0. The molecule has 0 spiro atoms. The van der Waals surface area contributed by atoms with Crippen LogP contribution in [0.3, 0.4) is 0 Å². The molecule has 0 heteroatoms. The summed E-state index contributed by atoms with van der Waals surface area (Å²) in [6.07, 6.45) is 6.23. The van der Waals surface area contributed by atoms with E-state index < -0.39 is 0 Å². The highest BCUT2D eigenvalue weighted by Crippen LogP contribution is 2.15. The molecule has 0 unspecified atom stereocenters. The summed E-state index contributed by atoms with van der Waals surface area (Å²) in [6, 6.07) is 8.40. The van der Waals surface area contributed by atoms with E-state index in [2.05, 4.69) is 62.9 Å². The fraction of sp³-hybridized carbons (Fsp3) is 0.200. The molecule has 15 heavy (non-hydrogen) atoms. The molecule has 0 bridgehead atoms. The first kappa shape index (κ1) is 11.5. The summed E-state index contributed by atoms with van der Waals surface area (Å²) >= 11 is 0. The normalized spacial score (nSPS) is 12.1. The summed E-state index contributed by atoms with van der Waals surface area (Å²) in [5.41, 5.74) is 4.77. The van der Waals surface area contributed by atoms with E-state index in [0.29, 0.717) is 0 Å². The molecule has 0 radical (unpaired) electrons. The van der Waals surface area contributed by atoms with Gasteiger partial charge in [0.05, 0.1) is 0 Å². The molecule has 0 aromatic heterocycles. The van der Waals surface area contributed by atoms with Crippen LogP contribution in [0, 0.1) is 6.92 Å². The van der Waals surface area contributed by atoms with Crippen LogP contribution in [0.25, 0.3) is 5.57 Å². The Bertz CT molecular complexity index is 406. The minimum atomic E-state index is 1.06. The van der Waals surface area contributed by atoms with Crippen molar-refractivity contribution in [3.63, 3.8) is 0 Å². The molecule has 1 aromatic carbocycles. The molecule has 0 aliphatic carbocycles. The van der Waals surface area contributed by atoms with Gasteiger partial charge in [-0.3, -0.25) is 0 Å². The highest BCUT2D eigenvalue weighted by molar-refractivity contribution is 5.72. The molecule has 0 amide bonds. The van der Waals surface area contributed by atoms with Crippen LogP contribution in [0.15, 0.2) is 54.6 Å². The fourth-order valence-electron chi connectivity index (χ4n) is 1.27. The molecule has 0 aliphatic rings. The third-order valence-corrected chi connectivity index (χ3v) is 2.39. The molecule has 0 saturated carbocycles. The molecular weight excluding hydrogens is 180 g/mol. The zero-order chi connectivity index (χ0) is 11.3. The Morgan fingerprint density at radius 1 is 1.27 bits per heavy atom. The van der Waals surface area contributed by atoms with Crippen molar-refractivity contribution in [3.05, 3.63) is 65.8 Å². The van der Waals surface area contributed by atoms with Crippen molar-refractivity contribution in [1.29, 1.82) is 0 Å². The average Bonchev–Trinajstić information content (AvgIpc) is 2.25. The van der Waals surface area contributed by atoms with Crippen LogP contribution in [-0.4, -0.2) is 0 Å². The SMILES string of the molecule is C=C(/C=C\C(C)=C/C)c1cccc(C)c1. The van der Waals surface area contributed by atoms with E-state index in [9.17, 15) is 0 Å². The Morgan fingerprint density at radius 3 is 2.60 bits per heavy atom. The van der Waals surface area contributed by atoms with Gasteiger partial charge in [0.15, 0.2) is 0 Å². The Kier molecular flexibility index (Phi) is 4.11. The lowest BCUT2D eigenvalue weighted by Gasteiger charge is -2.01. The van der Waals surface area contributed by atoms with Gasteiger partial charge in [0.25, 0.3) is 0 Å². The van der Waals surface area contributed by atoms with Gasteiger partial charge in [-0.1, -0.05) is 60.2 Å². The average molecular weight is 198 g/mol. The van der Waals surface area contributed by atoms with Crippen molar-refractivity contribution in [3.8, 4) is 0 Å². The van der Waals surface area contributed by atoms with Crippen LogP contribution in [-0.2, 0) is 0 Å². The molecule has 0 aliphatic heterocycles. The van der Waals surface area contributed by atoms with Crippen molar-refractivity contribution < 1.29 is 0 Å². The number of benzene rings is 1. The van der Waals surface area contributed by atoms with Crippen LogP contribution >= 0.6 is 0 Å². The standard InChI is InChI=1S/C15H18/c1-5-12(2)9-10-14(4)15-8-6-7-13(3)11-15/h5-11H,4H2,1-3H3/b10-9-,12-5-. The summed E-state index contributed by atoms with van der Waals surface area (Å²) in [6.45, 7) is 10.3. The topological polar surface area (TPSA) is 0 Å². The van der Waals surface area contributed by atoms with Gasteiger partial charge in [-0.05, 0) is 31.9 Å². The third kappa shape index (κ3) is 3.59. The van der Waals surface area contributed by atoms with Crippen molar-refractivity contribution in [2.45, 2.75) is 20.8 Å². The fourth-order valence-corrected chi connectivity index (χ4v) is 1.27. The molecule has 0 atom stereocenters. The molecule has 78 valence electrons. The minimum absolute atomic E-state index is 1.06. The maximum Gasteiger partial charge on any atom is -0.0187 e. The van der Waals surface area contributed by atoms with Gasteiger partial charge in [-0.25, -0.2) is 0 Å². The van der Waals surface area contributed by atoms with E-state index in [4.69, 9.17) is 0 Å². The van der Waals surface area contributed by atoms with Gasteiger partial charge in [0.1, 0.15) is 0 Å². The van der Waals surface area contributed by atoms with Crippen LogP contribution in [0.4, 0.5) is 0 Å². The van der Waals surface area contributed by atoms with Gasteiger partial charge >= 0.3 is 0 Å². The quantitative estimate of drug-likeness (QED) is 0.626. The van der Waals surface area contributed by atoms with Crippen LogP contribution in [0.2, 0.25) is 0 Å². The largest absolute Gasteiger partial charge is 0.0912 e. The van der Waals surface area contributed by atoms with Crippen molar-refractivity contribution in [1.82, 2.24) is 0 Å². The summed E-state index contributed by atoms with van der Waals surface area (Å²) < 4.78 is 0. The Labute approximate surface area is 92.6 Å². The first-order chi connectivity index (χ1) is 7.13. The van der Waals surface area contributed by atoms with Crippen molar-refractivity contribution in [2.24, 2.45) is 0 Å². The summed E-state index contributed by atoms with van der Waals surface area (Å²) in [4.78, 5) is 0. The number of aryl methyl sites for hydroxylation is 1. The van der Waals surface area contributed by atoms with Crippen molar-refractivity contribution in [2.75, 3.05) is 0 Å². The van der Waals surface area contributed by atoms with Gasteiger partial charge in [-0.15, -0.1) is 0 Å². The van der Waals surface area contributed by atoms with Gasteiger partial charge in [-0.2, -0.15) is 0 Å². The molecule has 0 nitrogen and oxygen atoms in total. The van der Waals surface area contributed by atoms with Gasteiger partial charge in [0, 0.05) is 0 Å². The molecule has 0 saturated heterocycles. The second kappa shape index (κ2) is 5.35. The van der Waals surface area contributed by atoms with E-state index in [1.54, 1.807) is 0 Å². The molecular formula is C15H18. The maximum atomic E-state index is 4.06. The summed E-state index contributed by atoms with van der Waals surface area (Å²) in [5.74, 6) is 0. The van der Waals surface area contributed by atoms with E-state index in [-0.39, 0.29) is 0 Å². The predicted molar refractivity (Wildman–Crippen MR) is 68.8 cm³/mol. The zero-order valence-electron chi connectivity index (χ0n) is 9.75. The summed E-state index contributed by atoms with van der Waals surface area (Å²) in [5, 5.41) is 0. The van der Waals surface area contributed by atoms with E-state index >= 15 is 0 Å². The highest BCUT2D eigenvalue weighted by atomic mass is 14.0. The van der Waals surface area contributed by atoms with Crippen LogP contribution < -0.4 is 0 Å². The van der Waals surface area contributed by atoms with Gasteiger partial charge in [0.2, 0.25) is 0 Å². The Morgan fingerprint density at radius 2 is 2.00 bits per heavy atom. The van der Waals surface area contributed by atoms with E-state index in [1.807, 2.05) is 6.92 Å². The number of hydrogen-bond acceptors (Lipinski definition) is 0. The molecule has 1 rings (SSSR count). The zero-order valence-corrected chi connectivity index (χ0v) is 9.75. The predicted octanol–water partition coefficient (Wildman–Crippen LogP) is 4.53. The lowest BCUT2D eigenvalue weighted by molar-refractivity contribution is 1.44. The van der Waals surface area contributed by atoms with E-state index in [1.165, 1.54) is 16.7 Å². The third-order valence-electron chi connectivity index (χ3n) is 2.39. The molecule has 0 heterocycles. The van der Waals surface area contributed by atoms with E-state index in [0.717, 1.165) is 5.57 Å². The number of hydrogen-bond donors (Lipinski definition) is 0. The lowest BCUT2D eigenvalue weighted by atomic mass is 10.0. The molecule has 0 N–H and O–H groups in total. The monoisotopic (exact) mass is 198 g/mol. The highest BCUT2D eigenvalue weighted by Gasteiger charge is 1.94. The second-order valence-corrected chi connectivity index (χ2v) is 3.76. The van der Waals surface area contributed by atoms with Gasteiger partial charge < -0.3 is 0 Å². The Balaban J connectivity index is 2.82. The first-order valence-corrected chi connectivity index (χ1v) is 5.20. The number of rotatable bonds is 3.